The molecule has 19 heavy (non-hydrogen) atoms. The van der Waals surface area contributed by atoms with E-state index in [0.717, 1.165) is 37.0 Å². The fraction of sp³-hybridized carbons (Fsp3) is 0.625. The SMILES string of the molecule is CCC(C)CC1(CC)C[C@@H](N)c2cc(F)ccc2O1. The average molecular weight is 265 g/mol. The lowest BCUT2D eigenvalue weighted by Crippen LogP contribution is -2.43. The summed E-state index contributed by atoms with van der Waals surface area (Å²) in [5, 5.41) is 0. The lowest BCUT2D eigenvalue weighted by atomic mass is 9.79. The van der Waals surface area contributed by atoms with Gasteiger partial charge in [0.25, 0.3) is 0 Å². The third-order valence-electron chi connectivity index (χ3n) is 4.35. The van der Waals surface area contributed by atoms with Crippen LogP contribution in [0.25, 0.3) is 0 Å². The van der Waals surface area contributed by atoms with Gasteiger partial charge in [-0.25, -0.2) is 4.39 Å². The Morgan fingerprint density at radius 1 is 1.47 bits per heavy atom. The molecule has 0 saturated carbocycles. The normalized spacial score (nSPS) is 27.5. The Morgan fingerprint density at radius 3 is 2.84 bits per heavy atom. The first-order valence-corrected chi connectivity index (χ1v) is 7.23. The molecule has 1 heterocycles. The van der Waals surface area contributed by atoms with Crippen molar-refractivity contribution in [2.45, 2.75) is 58.1 Å². The fourth-order valence-corrected chi connectivity index (χ4v) is 2.95. The number of fused-ring (bicyclic) bond motifs is 1. The summed E-state index contributed by atoms with van der Waals surface area (Å²) in [5.41, 5.74) is 6.84. The van der Waals surface area contributed by atoms with Gasteiger partial charge in [0.1, 0.15) is 17.2 Å². The van der Waals surface area contributed by atoms with Gasteiger partial charge in [-0.05, 0) is 37.0 Å². The minimum absolute atomic E-state index is 0.136. The lowest BCUT2D eigenvalue weighted by Gasteiger charge is -2.42. The molecule has 2 N–H and O–H groups in total. The number of hydrogen-bond donors (Lipinski definition) is 1. The van der Waals surface area contributed by atoms with Crippen molar-refractivity contribution in [3.05, 3.63) is 29.6 Å². The van der Waals surface area contributed by atoms with Crippen LogP contribution in [0.15, 0.2) is 18.2 Å². The van der Waals surface area contributed by atoms with Crippen molar-refractivity contribution < 1.29 is 9.13 Å². The summed E-state index contributed by atoms with van der Waals surface area (Å²) in [6.45, 7) is 6.58. The summed E-state index contributed by atoms with van der Waals surface area (Å²) in [6.07, 6.45) is 3.84. The van der Waals surface area contributed by atoms with E-state index in [1.54, 1.807) is 6.07 Å². The molecule has 0 aromatic heterocycles. The molecule has 1 aliphatic rings. The monoisotopic (exact) mass is 265 g/mol. The van der Waals surface area contributed by atoms with E-state index in [1.165, 1.54) is 12.1 Å². The molecular weight excluding hydrogens is 241 g/mol. The van der Waals surface area contributed by atoms with Crippen molar-refractivity contribution in [1.29, 1.82) is 0 Å². The van der Waals surface area contributed by atoms with Crippen LogP contribution in [0, 0.1) is 11.7 Å². The third kappa shape index (κ3) is 2.92. The standard InChI is InChI=1S/C16H24FNO/c1-4-11(3)9-16(5-2)10-14(18)13-8-12(17)6-7-15(13)19-16/h6-8,11,14H,4-5,9-10,18H2,1-3H3/t11?,14-,16?/m1/s1. The molecule has 1 aromatic rings. The number of hydrogen-bond acceptors (Lipinski definition) is 2. The molecule has 1 aromatic carbocycles. The number of ether oxygens (including phenoxy) is 1. The lowest BCUT2D eigenvalue weighted by molar-refractivity contribution is 0.0102. The first kappa shape index (κ1) is 14.3. The van der Waals surface area contributed by atoms with Gasteiger partial charge < -0.3 is 10.5 Å². The van der Waals surface area contributed by atoms with E-state index in [2.05, 4.69) is 20.8 Å². The number of nitrogens with two attached hydrogens (primary N) is 1. The Morgan fingerprint density at radius 2 is 2.21 bits per heavy atom. The topological polar surface area (TPSA) is 35.2 Å². The molecule has 0 aliphatic carbocycles. The van der Waals surface area contributed by atoms with E-state index in [0.29, 0.717) is 5.92 Å². The molecule has 0 spiro atoms. The Labute approximate surface area is 115 Å². The van der Waals surface area contributed by atoms with Crippen molar-refractivity contribution in [2.24, 2.45) is 11.7 Å². The van der Waals surface area contributed by atoms with Crippen LogP contribution < -0.4 is 10.5 Å². The molecule has 3 atom stereocenters. The van der Waals surface area contributed by atoms with Gasteiger partial charge in [0.05, 0.1) is 0 Å². The first-order chi connectivity index (χ1) is 8.99. The molecule has 0 fully saturated rings. The highest BCUT2D eigenvalue weighted by Crippen LogP contribution is 2.43. The highest BCUT2D eigenvalue weighted by Gasteiger charge is 2.39. The quantitative estimate of drug-likeness (QED) is 0.885. The van der Waals surface area contributed by atoms with Crippen LogP contribution in [-0.2, 0) is 0 Å². The van der Waals surface area contributed by atoms with Gasteiger partial charge >= 0.3 is 0 Å². The second-order valence-corrected chi connectivity index (χ2v) is 5.85. The highest BCUT2D eigenvalue weighted by atomic mass is 19.1. The maximum atomic E-state index is 13.3. The Kier molecular flexibility index (Phi) is 4.14. The smallest absolute Gasteiger partial charge is 0.125 e. The summed E-state index contributed by atoms with van der Waals surface area (Å²) < 4.78 is 19.5. The van der Waals surface area contributed by atoms with Gasteiger partial charge in [0.15, 0.2) is 0 Å². The van der Waals surface area contributed by atoms with E-state index in [-0.39, 0.29) is 17.5 Å². The summed E-state index contributed by atoms with van der Waals surface area (Å²) in [4.78, 5) is 0. The zero-order chi connectivity index (χ0) is 14.0. The van der Waals surface area contributed by atoms with Crippen LogP contribution in [0.3, 0.4) is 0 Å². The second-order valence-electron chi connectivity index (χ2n) is 5.85. The van der Waals surface area contributed by atoms with Crippen molar-refractivity contribution in [3.63, 3.8) is 0 Å². The predicted molar refractivity (Wildman–Crippen MR) is 75.7 cm³/mol. The third-order valence-corrected chi connectivity index (χ3v) is 4.35. The van der Waals surface area contributed by atoms with Crippen molar-refractivity contribution in [2.75, 3.05) is 0 Å². The largest absolute Gasteiger partial charge is 0.487 e. The molecule has 0 bridgehead atoms. The number of benzene rings is 1. The van der Waals surface area contributed by atoms with E-state index in [1.807, 2.05) is 0 Å². The Bertz CT molecular complexity index is 448. The molecule has 2 nitrogen and oxygen atoms in total. The van der Waals surface area contributed by atoms with Crippen molar-refractivity contribution in [1.82, 2.24) is 0 Å². The number of halogens is 1. The summed E-state index contributed by atoms with van der Waals surface area (Å²) in [6, 6.07) is 4.53. The van der Waals surface area contributed by atoms with E-state index >= 15 is 0 Å². The molecule has 0 saturated heterocycles. The minimum atomic E-state index is -0.247. The maximum Gasteiger partial charge on any atom is 0.125 e. The maximum absolute atomic E-state index is 13.3. The van der Waals surface area contributed by atoms with Crippen LogP contribution in [-0.4, -0.2) is 5.60 Å². The minimum Gasteiger partial charge on any atom is -0.487 e. The molecule has 1 aliphatic heterocycles. The van der Waals surface area contributed by atoms with Gasteiger partial charge in [0, 0.05) is 18.0 Å². The highest BCUT2D eigenvalue weighted by molar-refractivity contribution is 5.39. The van der Waals surface area contributed by atoms with Crippen LogP contribution >= 0.6 is 0 Å². The van der Waals surface area contributed by atoms with E-state index in [9.17, 15) is 4.39 Å². The predicted octanol–water partition coefficient (Wildman–Crippen LogP) is 4.19. The van der Waals surface area contributed by atoms with Crippen LogP contribution in [0.1, 0.15) is 58.1 Å². The molecule has 2 unspecified atom stereocenters. The molecule has 0 amide bonds. The fourth-order valence-electron chi connectivity index (χ4n) is 2.95. The molecular formula is C16H24FNO. The van der Waals surface area contributed by atoms with E-state index in [4.69, 9.17) is 10.5 Å². The van der Waals surface area contributed by atoms with Gasteiger partial charge in [-0.15, -0.1) is 0 Å². The number of rotatable bonds is 4. The first-order valence-electron chi connectivity index (χ1n) is 7.23. The van der Waals surface area contributed by atoms with Gasteiger partial charge in [-0.2, -0.15) is 0 Å². The summed E-state index contributed by atoms with van der Waals surface area (Å²) >= 11 is 0. The molecule has 0 radical (unpaired) electrons. The average Bonchev–Trinajstić information content (AvgIpc) is 2.39. The Hall–Kier alpha value is -1.09. The van der Waals surface area contributed by atoms with Gasteiger partial charge in [-0.3, -0.25) is 0 Å². The summed E-state index contributed by atoms with van der Waals surface area (Å²) in [7, 11) is 0. The van der Waals surface area contributed by atoms with E-state index < -0.39 is 0 Å². The Balaban J connectivity index is 2.29. The van der Waals surface area contributed by atoms with Gasteiger partial charge in [0.2, 0.25) is 0 Å². The zero-order valence-corrected chi connectivity index (χ0v) is 12.1. The van der Waals surface area contributed by atoms with Crippen LogP contribution in [0.4, 0.5) is 4.39 Å². The van der Waals surface area contributed by atoms with Crippen LogP contribution in [0.5, 0.6) is 5.75 Å². The summed E-state index contributed by atoms with van der Waals surface area (Å²) in [5.74, 6) is 1.11. The van der Waals surface area contributed by atoms with Crippen molar-refractivity contribution >= 4 is 0 Å². The molecule has 2 rings (SSSR count). The molecule has 106 valence electrons. The molecule has 3 heteroatoms. The zero-order valence-electron chi connectivity index (χ0n) is 12.1. The second kappa shape index (κ2) is 5.49. The van der Waals surface area contributed by atoms with Crippen molar-refractivity contribution in [3.8, 4) is 5.75 Å². The van der Waals surface area contributed by atoms with Gasteiger partial charge in [-0.1, -0.05) is 27.2 Å². The van der Waals surface area contributed by atoms with Crippen LogP contribution in [0.2, 0.25) is 0 Å².